The zero-order valence-corrected chi connectivity index (χ0v) is 12.8. The third kappa shape index (κ3) is 4.62. The minimum absolute atomic E-state index is 0.0927. The van der Waals surface area contributed by atoms with Crippen molar-refractivity contribution < 1.29 is 4.74 Å². The van der Waals surface area contributed by atoms with E-state index >= 15 is 0 Å². The molecule has 0 heterocycles. The van der Waals surface area contributed by atoms with Crippen molar-refractivity contribution in [2.45, 2.75) is 19.4 Å². The zero-order valence-electron chi connectivity index (χ0n) is 11.3. The van der Waals surface area contributed by atoms with Gasteiger partial charge >= 0.3 is 0 Å². The average Bonchev–Trinajstić information content (AvgIpc) is 2.43. The first-order valence-corrected chi connectivity index (χ1v) is 7.34. The van der Waals surface area contributed by atoms with Crippen molar-refractivity contribution in [1.82, 2.24) is 0 Å². The van der Waals surface area contributed by atoms with E-state index in [9.17, 15) is 0 Å². The Hall–Kier alpha value is -1.38. The van der Waals surface area contributed by atoms with Crippen LogP contribution in [-0.4, -0.2) is 12.6 Å². The minimum atomic E-state index is 0.0927. The lowest BCUT2D eigenvalue weighted by atomic mass is 10.2. The number of hydrogen-bond acceptors (Lipinski definition) is 2. The summed E-state index contributed by atoms with van der Waals surface area (Å²) in [5.41, 5.74) is 0.901. The summed E-state index contributed by atoms with van der Waals surface area (Å²) in [5, 5.41) is 4.55. The third-order valence-corrected chi connectivity index (χ3v) is 3.33. The van der Waals surface area contributed by atoms with Crippen LogP contribution in [0.5, 0.6) is 5.75 Å². The molecule has 0 saturated carbocycles. The molecule has 0 aliphatic heterocycles. The van der Waals surface area contributed by atoms with Crippen molar-refractivity contribution in [1.29, 1.82) is 0 Å². The number of benzene rings is 2. The van der Waals surface area contributed by atoms with Crippen LogP contribution in [0.15, 0.2) is 48.5 Å². The summed E-state index contributed by atoms with van der Waals surface area (Å²) in [7, 11) is 0. The molecule has 1 unspecified atom stereocenters. The van der Waals surface area contributed by atoms with Crippen molar-refractivity contribution in [3.63, 3.8) is 0 Å². The molecule has 20 heavy (non-hydrogen) atoms. The van der Waals surface area contributed by atoms with Crippen LogP contribution >= 0.6 is 23.2 Å². The lowest BCUT2D eigenvalue weighted by Gasteiger charge is -2.19. The van der Waals surface area contributed by atoms with Gasteiger partial charge in [0.05, 0.1) is 6.54 Å². The van der Waals surface area contributed by atoms with E-state index in [1.165, 1.54) is 0 Å². The molecule has 2 aromatic carbocycles. The van der Waals surface area contributed by atoms with Gasteiger partial charge in [-0.05, 0) is 36.8 Å². The fourth-order valence-corrected chi connectivity index (χ4v) is 2.37. The van der Waals surface area contributed by atoms with Gasteiger partial charge in [-0.3, -0.25) is 0 Å². The van der Waals surface area contributed by atoms with E-state index in [-0.39, 0.29) is 6.10 Å². The van der Waals surface area contributed by atoms with E-state index in [1.807, 2.05) is 42.5 Å². The Balaban J connectivity index is 1.93. The van der Waals surface area contributed by atoms with Crippen molar-refractivity contribution >= 4 is 28.9 Å². The van der Waals surface area contributed by atoms with Gasteiger partial charge in [-0.2, -0.15) is 0 Å². The standard InChI is InChI=1S/C16H17Cl2NO/c1-2-15(20-16-6-4-3-5-7-16)11-19-14-9-12(17)8-13(18)10-14/h3-10,15,19H,2,11H2,1H3. The largest absolute Gasteiger partial charge is 0.489 e. The normalized spacial score (nSPS) is 11.9. The molecule has 4 heteroatoms. The Bertz CT molecular complexity index is 525. The summed E-state index contributed by atoms with van der Waals surface area (Å²) < 4.78 is 5.92. The monoisotopic (exact) mass is 309 g/mol. The van der Waals surface area contributed by atoms with Gasteiger partial charge in [0, 0.05) is 15.7 Å². The van der Waals surface area contributed by atoms with Crippen LogP contribution in [0.25, 0.3) is 0 Å². The fraction of sp³-hybridized carbons (Fsp3) is 0.250. The van der Waals surface area contributed by atoms with E-state index in [0.29, 0.717) is 16.6 Å². The van der Waals surface area contributed by atoms with Crippen molar-refractivity contribution in [2.24, 2.45) is 0 Å². The Kier molecular flexibility index (Phi) is 5.57. The third-order valence-electron chi connectivity index (χ3n) is 2.90. The molecule has 0 amide bonds. The molecule has 0 aliphatic carbocycles. The zero-order chi connectivity index (χ0) is 14.4. The van der Waals surface area contributed by atoms with Crippen LogP contribution in [0.2, 0.25) is 10.0 Å². The number of hydrogen-bond donors (Lipinski definition) is 1. The molecule has 106 valence electrons. The molecule has 0 bridgehead atoms. The van der Waals surface area contributed by atoms with E-state index in [4.69, 9.17) is 27.9 Å². The van der Waals surface area contributed by atoms with Gasteiger partial charge in [-0.25, -0.2) is 0 Å². The molecule has 0 fully saturated rings. The predicted octanol–water partition coefficient (Wildman–Crippen LogP) is 5.26. The Morgan fingerprint density at radius 3 is 2.30 bits per heavy atom. The van der Waals surface area contributed by atoms with E-state index < -0.39 is 0 Å². The van der Waals surface area contributed by atoms with E-state index in [0.717, 1.165) is 17.9 Å². The van der Waals surface area contributed by atoms with Gasteiger partial charge < -0.3 is 10.1 Å². The summed E-state index contributed by atoms with van der Waals surface area (Å²) in [4.78, 5) is 0. The maximum absolute atomic E-state index is 5.97. The van der Waals surface area contributed by atoms with Crippen LogP contribution in [0, 0.1) is 0 Å². The van der Waals surface area contributed by atoms with Crippen LogP contribution in [-0.2, 0) is 0 Å². The summed E-state index contributed by atoms with van der Waals surface area (Å²) in [6.07, 6.45) is 1.01. The molecule has 0 aliphatic rings. The smallest absolute Gasteiger partial charge is 0.119 e. The maximum atomic E-state index is 5.97. The molecule has 0 radical (unpaired) electrons. The van der Waals surface area contributed by atoms with Gasteiger partial charge in [0.2, 0.25) is 0 Å². The molecule has 2 aromatic rings. The first-order chi connectivity index (χ1) is 9.67. The number of rotatable bonds is 6. The molecule has 1 atom stereocenters. The highest BCUT2D eigenvalue weighted by atomic mass is 35.5. The Morgan fingerprint density at radius 2 is 1.70 bits per heavy atom. The fourth-order valence-electron chi connectivity index (χ4n) is 1.85. The maximum Gasteiger partial charge on any atom is 0.119 e. The van der Waals surface area contributed by atoms with E-state index in [1.54, 1.807) is 6.07 Å². The summed E-state index contributed by atoms with van der Waals surface area (Å²) in [5.74, 6) is 0.880. The molecule has 0 aromatic heterocycles. The number of para-hydroxylation sites is 1. The van der Waals surface area contributed by atoms with Crippen molar-refractivity contribution in [3.8, 4) is 5.75 Å². The molecule has 2 nitrogen and oxygen atoms in total. The highest BCUT2D eigenvalue weighted by Gasteiger charge is 2.08. The SMILES string of the molecule is CCC(CNc1cc(Cl)cc(Cl)c1)Oc1ccccc1. The van der Waals surface area contributed by atoms with Gasteiger partial charge in [0.25, 0.3) is 0 Å². The lowest BCUT2D eigenvalue weighted by Crippen LogP contribution is -2.25. The molecule has 1 N–H and O–H groups in total. The minimum Gasteiger partial charge on any atom is -0.489 e. The second kappa shape index (κ2) is 7.41. The average molecular weight is 310 g/mol. The van der Waals surface area contributed by atoms with Crippen LogP contribution in [0.1, 0.15) is 13.3 Å². The highest BCUT2D eigenvalue weighted by Crippen LogP contribution is 2.22. The summed E-state index contributed by atoms with van der Waals surface area (Å²) >= 11 is 11.9. The second-order valence-electron chi connectivity index (χ2n) is 4.50. The molecular weight excluding hydrogens is 293 g/mol. The molecular formula is C16H17Cl2NO. The van der Waals surface area contributed by atoms with Crippen molar-refractivity contribution in [2.75, 3.05) is 11.9 Å². The quantitative estimate of drug-likeness (QED) is 0.785. The van der Waals surface area contributed by atoms with Crippen LogP contribution in [0.3, 0.4) is 0 Å². The number of halogens is 2. The molecule has 2 rings (SSSR count). The van der Waals surface area contributed by atoms with Gasteiger partial charge in [0.1, 0.15) is 11.9 Å². The van der Waals surface area contributed by atoms with Gasteiger partial charge in [0.15, 0.2) is 0 Å². The Morgan fingerprint density at radius 1 is 1.05 bits per heavy atom. The molecule has 0 saturated heterocycles. The highest BCUT2D eigenvalue weighted by molar-refractivity contribution is 6.35. The predicted molar refractivity (Wildman–Crippen MR) is 86.1 cm³/mol. The lowest BCUT2D eigenvalue weighted by molar-refractivity contribution is 0.210. The summed E-state index contributed by atoms with van der Waals surface area (Å²) in [6, 6.07) is 15.2. The van der Waals surface area contributed by atoms with Crippen molar-refractivity contribution in [3.05, 3.63) is 58.6 Å². The number of ether oxygens (including phenoxy) is 1. The number of anilines is 1. The van der Waals surface area contributed by atoms with Crippen LogP contribution < -0.4 is 10.1 Å². The van der Waals surface area contributed by atoms with Gasteiger partial charge in [-0.15, -0.1) is 0 Å². The van der Waals surface area contributed by atoms with E-state index in [2.05, 4.69) is 12.2 Å². The molecule has 0 spiro atoms. The first-order valence-electron chi connectivity index (χ1n) is 6.59. The summed E-state index contributed by atoms with van der Waals surface area (Å²) in [6.45, 7) is 2.79. The van der Waals surface area contributed by atoms with Gasteiger partial charge in [-0.1, -0.05) is 48.3 Å². The van der Waals surface area contributed by atoms with Crippen LogP contribution in [0.4, 0.5) is 5.69 Å². The second-order valence-corrected chi connectivity index (χ2v) is 5.37. The Labute approximate surface area is 129 Å². The number of nitrogens with one attached hydrogen (secondary N) is 1. The first kappa shape index (κ1) is 15.0. The topological polar surface area (TPSA) is 21.3 Å².